The zero-order valence-electron chi connectivity index (χ0n) is 15.8. The SMILES string of the molecule is COc1ccc(NC(=S)NCc2ccccc2)c(S(=O)(=O)N2CCCCC2)c1. The average Bonchev–Trinajstić information content (AvgIpc) is 2.74. The number of sulfonamides is 1. The highest BCUT2D eigenvalue weighted by Crippen LogP contribution is 2.30. The maximum Gasteiger partial charge on any atom is 0.245 e. The molecule has 0 spiro atoms. The van der Waals surface area contributed by atoms with E-state index in [0.717, 1.165) is 24.8 Å². The van der Waals surface area contributed by atoms with E-state index >= 15 is 0 Å². The van der Waals surface area contributed by atoms with E-state index in [0.29, 0.717) is 36.2 Å². The maximum absolute atomic E-state index is 13.2. The summed E-state index contributed by atoms with van der Waals surface area (Å²) in [6.07, 6.45) is 2.81. The number of thiocarbonyl (C=S) groups is 1. The number of benzene rings is 2. The molecule has 2 aromatic carbocycles. The van der Waals surface area contributed by atoms with E-state index in [2.05, 4.69) is 10.6 Å². The first kappa shape index (κ1) is 20.6. The molecule has 0 saturated carbocycles. The Morgan fingerprint density at radius 3 is 2.50 bits per heavy atom. The predicted molar refractivity (Wildman–Crippen MR) is 115 cm³/mol. The number of piperidine rings is 1. The molecule has 0 radical (unpaired) electrons. The number of nitrogens with one attached hydrogen (secondary N) is 2. The summed E-state index contributed by atoms with van der Waals surface area (Å²) in [6, 6.07) is 14.8. The largest absolute Gasteiger partial charge is 0.497 e. The van der Waals surface area contributed by atoms with Gasteiger partial charge in [0, 0.05) is 25.7 Å². The van der Waals surface area contributed by atoms with E-state index in [1.54, 1.807) is 18.2 Å². The van der Waals surface area contributed by atoms with Crippen molar-refractivity contribution in [2.75, 3.05) is 25.5 Å². The highest BCUT2D eigenvalue weighted by molar-refractivity contribution is 7.89. The van der Waals surface area contributed by atoms with Gasteiger partial charge < -0.3 is 15.4 Å². The first-order chi connectivity index (χ1) is 13.5. The standard InChI is InChI=1S/C20H25N3O3S2/c1-26-17-10-11-18(22-20(27)21-15-16-8-4-2-5-9-16)19(14-17)28(24,25)23-12-6-3-7-13-23/h2,4-5,8-11,14H,3,6-7,12-13,15H2,1H3,(H2,21,22,27). The second-order valence-corrected chi connectivity index (χ2v) is 8.93. The molecule has 1 fully saturated rings. The van der Waals surface area contributed by atoms with Gasteiger partial charge in [0.05, 0.1) is 12.8 Å². The number of nitrogens with zero attached hydrogens (tertiary/aromatic N) is 1. The summed E-state index contributed by atoms with van der Waals surface area (Å²) in [5, 5.41) is 6.52. The monoisotopic (exact) mass is 419 g/mol. The van der Waals surface area contributed by atoms with Crippen molar-refractivity contribution < 1.29 is 13.2 Å². The molecule has 1 aliphatic heterocycles. The number of anilines is 1. The summed E-state index contributed by atoms with van der Waals surface area (Å²) in [6.45, 7) is 1.63. The lowest BCUT2D eigenvalue weighted by Crippen LogP contribution is -2.36. The van der Waals surface area contributed by atoms with Crippen LogP contribution in [0.4, 0.5) is 5.69 Å². The minimum absolute atomic E-state index is 0.178. The molecule has 1 saturated heterocycles. The van der Waals surface area contributed by atoms with Crippen LogP contribution >= 0.6 is 12.2 Å². The van der Waals surface area contributed by atoms with Gasteiger partial charge in [-0.15, -0.1) is 0 Å². The Morgan fingerprint density at radius 1 is 1.11 bits per heavy atom. The predicted octanol–water partition coefficient (Wildman–Crippen LogP) is 3.36. The fourth-order valence-corrected chi connectivity index (χ4v) is 5.00. The Morgan fingerprint density at radius 2 is 1.82 bits per heavy atom. The Balaban J connectivity index is 1.79. The van der Waals surface area contributed by atoms with Crippen molar-refractivity contribution in [1.82, 2.24) is 9.62 Å². The normalized spacial score (nSPS) is 15.0. The molecule has 0 atom stereocenters. The lowest BCUT2D eigenvalue weighted by Gasteiger charge is -2.27. The molecule has 0 unspecified atom stereocenters. The first-order valence-electron chi connectivity index (χ1n) is 9.27. The van der Waals surface area contributed by atoms with Crippen LogP contribution in [0.25, 0.3) is 0 Å². The van der Waals surface area contributed by atoms with Gasteiger partial charge in [0.2, 0.25) is 10.0 Å². The molecule has 3 rings (SSSR count). The van der Waals surface area contributed by atoms with E-state index in [4.69, 9.17) is 17.0 Å². The molecule has 0 aliphatic carbocycles. The van der Waals surface area contributed by atoms with Gasteiger partial charge in [-0.25, -0.2) is 8.42 Å². The lowest BCUT2D eigenvalue weighted by molar-refractivity contribution is 0.346. The van der Waals surface area contributed by atoms with Crippen molar-refractivity contribution in [2.45, 2.75) is 30.7 Å². The Labute approximate surface area is 171 Å². The summed E-state index contributed by atoms with van der Waals surface area (Å²) >= 11 is 5.37. The molecular formula is C20H25N3O3S2. The van der Waals surface area contributed by atoms with Crippen LogP contribution < -0.4 is 15.4 Å². The van der Waals surface area contributed by atoms with Gasteiger partial charge in [-0.2, -0.15) is 4.31 Å². The third kappa shape index (κ3) is 5.01. The van der Waals surface area contributed by atoms with Crippen LogP contribution in [0.5, 0.6) is 5.75 Å². The van der Waals surface area contributed by atoms with Crippen LogP contribution in [0.15, 0.2) is 53.4 Å². The lowest BCUT2D eigenvalue weighted by atomic mass is 10.2. The molecule has 8 heteroatoms. The molecule has 0 bridgehead atoms. The Hall–Kier alpha value is -2.16. The van der Waals surface area contributed by atoms with Gasteiger partial charge in [-0.1, -0.05) is 36.8 Å². The van der Waals surface area contributed by atoms with E-state index in [-0.39, 0.29) is 4.90 Å². The third-order valence-electron chi connectivity index (χ3n) is 4.67. The number of rotatable bonds is 6. The molecule has 1 heterocycles. The van der Waals surface area contributed by atoms with Gasteiger partial charge in [-0.05, 0) is 42.8 Å². The number of methoxy groups -OCH3 is 1. The topological polar surface area (TPSA) is 70.7 Å². The van der Waals surface area contributed by atoms with Crippen LogP contribution in [0, 0.1) is 0 Å². The number of ether oxygens (including phenoxy) is 1. The van der Waals surface area contributed by atoms with Gasteiger partial charge >= 0.3 is 0 Å². The Kier molecular flexibility index (Phi) is 6.88. The average molecular weight is 420 g/mol. The van der Waals surface area contributed by atoms with Gasteiger partial charge in [0.15, 0.2) is 5.11 Å². The quantitative estimate of drug-likeness (QED) is 0.700. The van der Waals surface area contributed by atoms with Crippen LogP contribution in [0.3, 0.4) is 0 Å². The minimum Gasteiger partial charge on any atom is -0.497 e. The summed E-state index contributed by atoms with van der Waals surface area (Å²) in [5.41, 5.74) is 1.53. The van der Waals surface area contributed by atoms with E-state index in [9.17, 15) is 8.42 Å². The van der Waals surface area contributed by atoms with Gasteiger partial charge in [-0.3, -0.25) is 0 Å². The van der Waals surface area contributed by atoms with Crippen molar-refractivity contribution in [3.05, 3.63) is 54.1 Å². The molecule has 0 aromatic heterocycles. The zero-order valence-corrected chi connectivity index (χ0v) is 17.5. The summed E-state index contributed by atoms with van der Waals surface area (Å²) in [5.74, 6) is 0.490. The molecule has 6 nitrogen and oxygen atoms in total. The van der Waals surface area contributed by atoms with Crippen LogP contribution in [-0.4, -0.2) is 38.0 Å². The fourth-order valence-electron chi connectivity index (χ4n) is 3.14. The summed E-state index contributed by atoms with van der Waals surface area (Å²) in [7, 11) is -2.11. The molecular weight excluding hydrogens is 394 g/mol. The molecule has 28 heavy (non-hydrogen) atoms. The van der Waals surface area contributed by atoms with Crippen LogP contribution in [0.2, 0.25) is 0 Å². The van der Waals surface area contributed by atoms with Crippen LogP contribution in [0.1, 0.15) is 24.8 Å². The third-order valence-corrected chi connectivity index (χ3v) is 6.85. The number of hydrogen-bond acceptors (Lipinski definition) is 4. The highest BCUT2D eigenvalue weighted by atomic mass is 32.2. The van der Waals surface area contributed by atoms with E-state index in [1.807, 2.05) is 30.3 Å². The minimum atomic E-state index is -3.63. The maximum atomic E-state index is 13.2. The van der Waals surface area contributed by atoms with Crippen LogP contribution in [-0.2, 0) is 16.6 Å². The second kappa shape index (κ2) is 9.36. The van der Waals surface area contributed by atoms with Crippen molar-refractivity contribution in [3.63, 3.8) is 0 Å². The molecule has 0 amide bonds. The molecule has 2 aromatic rings. The van der Waals surface area contributed by atoms with E-state index < -0.39 is 10.0 Å². The fraction of sp³-hybridized carbons (Fsp3) is 0.350. The van der Waals surface area contributed by atoms with E-state index in [1.165, 1.54) is 11.4 Å². The summed E-state index contributed by atoms with van der Waals surface area (Å²) < 4.78 is 33.2. The Bertz CT molecular complexity index is 912. The van der Waals surface area contributed by atoms with Gasteiger partial charge in [0.25, 0.3) is 0 Å². The van der Waals surface area contributed by atoms with Crippen molar-refractivity contribution >= 4 is 33.0 Å². The molecule has 150 valence electrons. The highest BCUT2D eigenvalue weighted by Gasteiger charge is 2.29. The smallest absolute Gasteiger partial charge is 0.245 e. The molecule has 1 aliphatic rings. The molecule has 2 N–H and O–H groups in total. The summed E-state index contributed by atoms with van der Waals surface area (Å²) in [4.78, 5) is 0.178. The van der Waals surface area contributed by atoms with Gasteiger partial charge in [0.1, 0.15) is 10.6 Å². The first-order valence-corrected chi connectivity index (χ1v) is 11.1. The number of hydrogen-bond donors (Lipinski definition) is 2. The zero-order chi connectivity index (χ0) is 20.0. The van der Waals surface area contributed by atoms with Crippen molar-refractivity contribution in [1.29, 1.82) is 0 Å². The second-order valence-electron chi connectivity index (χ2n) is 6.62. The van der Waals surface area contributed by atoms with Crippen molar-refractivity contribution in [3.8, 4) is 5.75 Å². The van der Waals surface area contributed by atoms with Crippen molar-refractivity contribution in [2.24, 2.45) is 0 Å².